The number of nitrogens with one attached hydrogen (secondary N) is 2. The van der Waals surface area contributed by atoms with Crippen LogP contribution in [-0.4, -0.2) is 80.2 Å². The van der Waals surface area contributed by atoms with E-state index in [4.69, 9.17) is 0 Å². The third kappa shape index (κ3) is 9.30. The fraction of sp³-hybridized carbons (Fsp3) is 0.889. The number of aliphatic imine (C=N–C) groups is 1. The number of amides is 1. The molecule has 1 rings (SSSR count). The van der Waals surface area contributed by atoms with E-state index < -0.39 is 12.7 Å². The number of halogens is 3. The van der Waals surface area contributed by atoms with E-state index in [1.807, 2.05) is 20.8 Å². The minimum atomic E-state index is -4.16. The van der Waals surface area contributed by atoms with Gasteiger partial charge in [0.15, 0.2) is 5.96 Å². The molecule has 0 saturated carbocycles. The molecule has 6 nitrogen and oxygen atoms in total. The van der Waals surface area contributed by atoms with Gasteiger partial charge in [0, 0.05) is 38.6 Å². The van der Waals surface area contributed by atoms with Gasteiger partial charge in [-0.3, -0.25) is 14.7 Å². The molecule has 1 fully saturated rings. The predicted molar refractivity (Wildman–Crippen MR) is 102 cm³/mol. The Labute approximate surface area is 160 Å². The summed E-state index contributed by atoms with van der Waals surface area (Å²) < 4.78 is 37.9. The normalized spacial score (nSPS) is 18.5. The van der Waals surface area contributed by atoms with Crippen molar-refractivity contribution >= 4 is 11.9 Å². The van der Waals surface area contributed by atoms with Crippen LogP contribution in [0.25, 0.3) is 0 Å². The van der Waals surface area contributed by atoms with Crippen molar-refractivity contribution in [3.05, 3.63) is 0 Å². The number of carbonyl (C=O) groups is 1. The number of alkyl halides is 3. The zero-order valence-corrected chi connectivity index (χ0v) is 16.9. The molecule has 1 unspecified atom stereocenters. The molecule has 1 amide bonds. The lowest BCUT2D eigenvalue weighted by molar-refractivity contribution is -0.146. The summed E-state index contributed by atoms with van der Waals surface area (Å²) in [6.07, 6.45) is -3.31. The first-order chi connectivity index (χ1) is 12.7. The molecule has 0 bridgehead atoms. The minimum Gasteiger partial charge on any atom is -0.357 e. The van der Waals surface area contributed by atoms with Gasteiger partial charge in [-0.05, 0) is 25.8 Å². The number of guanidine groups is 1. The summed E-state index contributed by atoms with van der Waals surface area (Å²) in [5, 5.41) is 6.06. The Morgan fingerprint density at radius 1 is 1.30 bits per heavy atom. The lowest BCUT2D eigenvalue weighted by atomic mass is 10.1. The predicted octanol–water partition coefficient (Wildman–Crippen LogP) is 1.93. The molecule has 27 heavy (non-hydrogen) atoms. The van der Waals surface area contributed by atoms with Crippen molar-refractivity contribution in [1.29, 1.82) is 0 Å². The standard InChI is InChI=1S/C18H34F3N5O/c1-5-22-17(24-9-8-23-16(27)14(3)4)26-10-7-15(12-26)11-25(6-2)13-18(19,20)21/h14-15H,5-13H2,1-4H3,(H,22,24)(H,23,27). The highest BCUT2D eigenvalue weighted by molar-refractivity contribution is 5.80. The molecule has 1 aliphatic heterocycles. The van der Waals surface area contributed by atoms with Crippen LogP contribution in [0, 0.1) is 11.8 Å². The van der Waals surface area contributed by atoms with Crippen LogP contribution in [0.5, 0.6) is 0 Å². The van der Waals surface area contributed by atoms with E-state index in [1.165, 1.54) is 4.90 Å². The number of nitrogens with zero attached hydrogens (tertiary/aromatic N) is 3. The largest absolute Gasteiger partial charge is 0.401 e. The number of carbonyl (C=O) groups excluding carboxylic acids is 1. The lowest BCUT2D eigenvalue weighted by Crippen LogP contribution is -2.42. The first-order valence-corrected chi connectivity index (χ1v) is 9.76. The summed E-state index contributed by atoms with van der Waals surface area (Å²) in [5.74, 6) is 0.898. The third-order valence-corrected chi connectivity index (χ3v) is 4.48. The van der Waals surface area contributed by atoms with E-state index >= 15 is 0 Å². The highest BCUT2D eigenvalue weighted by Gasteiger charge is 2.32. The molecule has 2 N–H and O–H groups in total. The Balaban J connectivity index is 2.52. The monoisotopic (exact) mass is 393 g/mol. The van der Waals surface area contributed by atoms with Crippen molar-refractivity contribution < 1.29 is 18.0 Å². The van der Waals surface area contributed by atoms with Gasteiger partial charge in [-0.25, -0.2) is 0 Å². The zero-order chi connectivity index (χ0) is 20.4. The van der Waals surface area contributed by atoms with Crippen LogP contribution in [0.1, 0.15) is 34.1 Å². The fourth-order valence-electron chi connectivity index (χ4n) is 3.07. The molecular weight excluding hydrogens is 359 g/mol. The maximum absolute atomic E-state index is 12.6. The Hall–Kier alpha value is -1.51. The van der Waals surface area contributed by atoms with Crippen LogP contribution < -0.4 is 10.6 Å². The smallest absolute Gasteiger partial charge is 0.357 e. The summed E-state index contributed by atoms with van der Waals surface area (Å²) >= 11 is 0. The van der Waals surface area contributed by atoms with Crippen molar-refractivity contribution in [2.45, 2.75) is 40.3 Å². The van der Waals surface area contributed by atoms with Crippen molar-refractivity contribution in [1.82, 2.24) is 20.4 Å². The van der Waals surface area contributed by atoms with Gasteiger partial charge in [-0.1, -0.05) is 20.8 Å². The van der Waals surface area contributed by atoms with E-state index in [1.54, 1.807) is 6.92 Å². The summed E-state index contributed by atoms with van der Waals surface area (Å²) in [6.45, 7) is 10.5. The van der Waals surface area contributed by atoms with E-state index in [9.17, 15) is 18.0 Å². The summed E-state index contributed by atoms with van der Waals surface area (Å²) in [4.78, 5) is 19.7. The molecule has 9 heteroatoms. The van der Waals surface area contributed by atoms with Gasteiger partial charge in [0.2, 0.25) is 5.91 Å². The van der Waals surface area contributed by atoms with E-state index in [0.29, 0.717) is 39.3 Å². The number of hydrogen-bond donors (Lipinski definition) is 2. The van der Waals surface area contributed by atoms with E-state index in [-0.39, 0.29) is 17.7 Å². The first kappa shape index (κ1) is 23.5. The molecule has 1 aliphatic rings. The van der Waals surface area contributed by atoms with Crippen molar-refractivity contribution in [3.63, 3.8) is 0 Å². The highest BCUT2D eigenvalue weighted by atomic mass is 19.4. The molecule has 0 spiro atoms. The number of rotatable bonds is 9. The molecule has 1 heterocycles. The second kappa shape index (κ2) is 11.4. The number of likely N-dealkylation sites (tertiary alicyclic amines) is 1. The Kier molecular flexibility index (Phi) is 9.90. The molecule has 1 saturated heterocycles. The van der Waals surface area contributed by atoms with Crippen LogP contribution in [0.4, 0.5) is 13.2 Å². The highest BCUT2D eigenvalue weighted by Crippen LogP contribution is 2.21. The second-order valence-electron chi connectivity index (χ2n) is 7.23. The number of hydrogen-bond acceptors (Lipinski definition) is 3. The van der Waals surface area contributed by atoms with Gasteiger partial charge in [0.25, 0.3) is 0 Å². The average Bonchev–Trinajstić information content (AvgIpc) is 3.03. The SMILES string of the molecule is CCNC(=NCCNC(=O)C(C)C)N1CCC(CN(CC)CC(F)(F)F)C1. The Morgan fingerprint density at radius 3 is 2.56 bits per heavy atom. The van der Waals surface area contributed by atoms with Gasteiger partial charge in [-0.15, -0.1) is 0 Å². The summed E-state index contributed by atoms with van der Waals surface area (Å²) in [6, 6.07) is 0. The Morgan fingerprint density at radius 2 is 2.00 bits per heavy atom. The Bertz CT molecular complexity index is 482. The van der Waals surface area contributed by atoms with Crippen molar-refractivity contribution in [3.8, 4) is 0 Å². The summed E-state index contributed by atoms with van der Waals surface area (Å²) in [7, 11) is 0. The average molecular weight is 393 g/mol. The van der Waals surface area contributed by atoms with Crippen LogP contribution in [-0.2, 0) is 4.79 Å². The lowest BCUT2D eigenvalue weighted by Gasteiger charge is -2.26. The zero-order valence-electron chi connectivity index (χ0n) is 16.9. The molecular formula is C18H34F3N5O. The van der Waals surface area contributed by atoms with Gasteiger partial charge in [0.05, 0.1) is 13.1 Å². The maximum Gasteiger partial charge on any atom is 0.401 e. The molecule has 0 radical (unpaired) electrons. The van der Waals surface area contributed by atoms with Crippen LogP contribution in [0.2, 0.25) is 0 Å². The van der Waals surface area contributed by atoms with Gasteiger partial charge in [-0.2, -0.15) is 13.2 Å². The van der Waals surface area contributed by atoms with Crippen molar-refractivity contribution in [2.75, 3.05) is 52.4 Å². The minimum absolute atomic E-state index is 0.000703. The van der Waals surface area contributed by atoms with Gasteiger partial charge in [0.1, 0.15) is 0 Å². The fourth-order valence-corrected chi connectivity index (χ4v) is 3.07. The van der Waals surface area contributed by atoms with Crippen molar-refractivity contribution in [2.24, 2.45) is 16.8 Å². The van der Waals surface area contributed by atoms with Gasteiger partial charge >= 0.3 is 6.18 Å². The second-order valence-corrected chi connectivity index (χ2v) is 7.23. The third-order valence-electron chi connectivity index (χ3n) is 4.48. The molecule has 1 atom stereocenters. The topological polar surface area (TPSA) is 60.0 Å². The molecule has 0 aromatic heterocycles. The maximum atomic E-state index is 12.6. The van der Waals surface area contributed by atoms with Crippen LogP contribution in [0.15, 0.2) is 4.99 Å². The van der Waals surface area contributed by atoms with E-state index in [2.05, 4.69) is 20.5 Å². The van der Waals surface area contributed by atoms with E-state index in [0.717, 1.165) is 18.9 Å². The van der Waals surface area contributed by atoms with Crippen LogP contribution >= 0.6 is 0 Å². The summed E-state index contributed by atoms with van der Waals surface area (Å²) in [5.41, 5.74) is 0. The first-order valence-electron chi connectivity index (χ1n) is 9.76. The molecule has 158 valence electrons. The van der Waals surface area contributed by atoms with Crippen LogP contribution in [0.3, 0.4) is 0 Å². The molecule has 0 aromatic carbocycles. The van der Waals surface area contributed by atoms with Gasteiger partial charge < -0.3 is 15.5 Å². The quantitative estimate of drug-likeness (QED) is 0.357. The molecule has 0 aliphatic carbocycles. The molecule has 0 aromatic rings.